The number of methoxy groups -OCH3 is 1. The van der Waals surface area contributed by atoms with Crippen molar-refractivity contribution in [3.63, 3.8) is 0 Å². The van der Waals surface area contributed by atoms with Gasteiger partial charge in [0.05, 0.1) is 59.3 Å². The summed E-state index contributed by atoms with van der Waals surface area (Å²) in [5.74, 6) is -2.51. The second-order valence-corrected chi connectivity index (χ2v) is 21.3. The molecule has 2 fully saturated rings. The van der Waals surface area contributed by atoms with Gasteiger partial charge in [0.25, 0.3) is 0 Å². The lowest BCUT2D eigenvalue weighted by Crippen LogP contribution is -2.67. The summed E-state index contributed by atoms with van der Waals surface area (Å²) in [6, 6.07) is 2.33. The average Bonchev–Trinajstić information content (AvgIpc) is 3.31. The average molecular weight is 974 g/mol. The largest absolute Gasteiger partial charge is 0.482 e. The first-order chi connectivity index (χ1) is 33.6. The highest BCUT2D eigenvalue weighted by atomic mass is 16.7. The number of benzene rings is 1. The van der Waals surface area contributed by atoms with Gasteiger partial charge in [-0.15, -0.1) is 0 Å². The molecule has 4 heterocycles. The predicted octanol–water partition coefficient (Wildman–Crippen LogP) is 9.79. The molecular formula is C57H71N3O11. The molecule has 1 saturated carbocycles. The summed E-state index contributed by atoms with van der Waals surface area (Å²) in [5, 5.41) is 30.6. The third kappa shape index (κ3) is 10.3. The molecule has 14 nitrogen and oxygen atoms in total. The number of rotatable bonds is 14. The third-order valence-electron chi connectivity index (χ3n) is 15.0. The highest BCUT2D eigenvalue weighted by Gasteiger charge is 2.67. The summed E-state index contributed by atoms with van der Waals surface area (Å²) in [4.78, 5) is 58.0. The van der Waals surface area contributed by atoms with Crippen LogP contribution in [-0.2, 0) is 39.8 Å². The van der Waals surface area contributed by atoms with E-state index < -0.39 is 58.9 Å². The molecule has 6 aliphatic rings. The van der Waals surface area contributed by atoms with Crippen molar-refractivity contribution in [2.24, 2.45) is 23.2 Å². The SMILES string of the molecule is COC(=O)C(C)=CCC1(C=O)CC(=O)CC(C(C)C)C12Oc1c(CC=C(C)C)c3c(c(OC(=O)C4=CCC(OC5CC(O)CC(C)O5)C=C4)c1C1=C2CC(C#N)C(=N)N1C)C=CC(C)(CCC=C(C)C)O3. The van der Waals surface area contributed by atoms with Crippen LogP contribution in [0.4, 0.5) is 0 Å². The number of carbonyl (C=O) groups is 4. The van der Waals surface area contributed by atoms with Crippen LogP contribution in [0.25, 0.3) is 11.8 Å². The van der Waals surface area contributed by atoms with E-state index in [1.807, 2.05) is 67.5 Å². The molecule has 9 unspecified atom stereocenters. The van der Waals surface area contributed by atoms with Crippen molar-refractivity contribution < 1.29 is 52.7 Å². The number of aliphatic hydroxyl groups excluding tert-OH is 1. The summed E-state index contributed by atoms with van der Waals surface area (Å²) >= 11 is 0. The zero-order chi connectivity index (χ0) is 51.7. The molecule has 0 amide bonds. The second-order valence-electron chi connectivity index (χ2n) is 21.3. The number of fused-ring (bicyclic) bond motifs is 4. The maximum Gasteiger partial charge on any atom is 0.343 e. The molecule has 4 aliphatic heterocycles. The Morgan fingerprint density at radius 3 is 2.41 bits per heavy atom. The standard InChI is InChI=1S/C57H71N3O11/c1-32(2)13-12-22-55(9)23-21-43-49(70-55)42(19-14-33(3)4)51-47(50(43)69-54(65)37-15-17-41(18-16-37)68-46-28-39(62)25-36(8)67-46)48-45(26-38(30-58)52(59)60(48)10)57(71-51)44(34(5)6)27-40(63)29-56(57,31-61)24-20-35(7)53(64)66-11/h13-17,20-21,23,31,34,36,38-39,41,44,46,59,62H,12,18-19,22,24-29H2,1-11H3. The lowest BCUT2D eigenvalue weighted by atomic mass is 9.50. The molecule has 0 bridgehead atoms. The van der Waals surface area contributed by atoms with E-state index in [0.29, 0.717) is 59.4 Å². The van der Waals surface area contributed by atoms with Gasteiger partial charge in [-0.2, -0.15) is 5.26 Å². The molecule has 7 rings (SSSR count). The Kier molecular flexibility index (Phi) is 15.7. The Labute approximate surface area is 418 Å². The van der Waals surface area contributed by atoms with Crippen molar-refractivity contribution in [2.45, 2.75) is 162 Å². The van der Waals surface area contributed by atoms with Gasteiger partial charge in [-0.3, -0.25) is 10.2 Å². The fourth-order valence-electron chi connectivity index (χ4n) is 11.2. The molecule has 0 aromatic heterocycles. The van der Waals surface area contributed by atoms with Gasteiger partial charge >= 0.3 is 11.9 Å². The Hall–Kier alpha value is -5.88. The van der Waals surface area contributed by atoms with Crippen molar-refractivity contribution in [3.05, 3.63) is 87.1 Å². The number of ether oxygens (including phenoxy) is 6. The van der Waals surface area contributed by atoms with E-state index in [1.54, 1.807) is 43.2 Å². The smallest absolute Gasteiger partial charge is 0.343 e. The first-order valence-corrected chi connectivity index (χ1v) is 25.0. The Morgan fingerprint density at radius 2 is 1.79 bits per heavy atom. The number of ketones is 1. The topological polar surface area (TPSA) is 195 Å². The number of Topliss-reactive ketones (excluding diaryl/α,β-unsaturated/α-hetero) is 1. The lowest BCUT2D eigenvalue weighted by molar-refractivity contribution is -0.222. The quantitative estimate of drug-likeness (QED) is 0.0589. The first kappa shape index (κ1) is 52.9. The van der Waals surface area contributed by atoms with E-state index in [9.17, 15) is 35.0 Å². The zero-order valence-electron chi connectivity index (χ0n) is 43.2. The Balaban J connectivity index is 1.51. The maximum absolute atomic E-state index is 14.8. The van der Waals surface area contributed by atoms with Crippen LogP contribution >= 0.6 is 0 Å². The van der Waals surface area contributed by atoms with E-state index in [1.165, 1.54) is 12.7 Å². The minimum absolute atomic E-state index is 0.00678. The van der Waals surface area contributed by atoms with Crippen LogP contribution < -0.4 is 14.2 Å². The molecule has 1 aromatic carbocycles. The van der Waals surface area contributed by atoms with Gasteiger partial charge in [0.15, 0.2) is 12.0 Å². The van der Waals surface area contributed by atoms with Crippen LogP contribution in [-0.4, -0.2) is 89.8 Å². The number of amidine groups is 1. The number of aliphatic hydroxyl groups is 1. The maximum atomic E-state index is 14.8. The van der Waals surface area contributed by atoms with Gasteiger partial charge in [-0.1, -0.05) is 55.4 Å². The van der Waals surface area contributed by atoms with Gasteiger partial charge in [0.2, 0.25) is 0 Å². The highest BCUT2D eigenvalue weighted by molar-refractivity contribution is 6.02. The van der Waals surface area contributed by atoms with Gasteiger partial charge in [-0.25, -0.2) is 9.59 Å². The van der Waals surface area contributed by atoms with Gasteiger partial charge in [-0.05, 0) is 118 Å². The summed E-state index contributed by atoms with van der Waals surface area (Å²) < 4.78 is 38.9. The molecule has 71 heavy (non-hydrogen) atoms. The minimum Gasteiger partial charge on any atom is -0.482 e. The molecule has 2 N–H and O–H groups in total. The normalized spacial score (nSPS) is 30.0. The van der Waals surface area contributed by atoms with Crippen LogP contribution in [0, 0.1) is 39.9 Å². The Morgan fingerprint density at radius 1 is 1.06 bits per heavy atom. The summed E-state index contributed by atoms with van der Waals surface area (Å²) in [7, 11) is 2.97. The van der Waals surface area contributed by atoms with Gasteiger partial charge in [0.1, 0.15) is 46.5 Å². The fourth-order valence-corrected chi connectivity index (χ4v) is 11.2. The molecule has 9 atom stereocenters. The van der Waals surface area contributed by atoms with Crippen LogP contribution in [0.3, 0.4) is 0 Å². The molecule has 2 aliphatic carbocycles. The van der Waals surface area contributed by atoms with Crippen molar-refractivity contribution in [2.75, 3.05) is 14.2 Å². The monoisotopic (exact) mass is 974 g/mol. The van der Waals surface area contributed by atoms with E-state index in [-0.39, 0.29) is 78.4 Å². The van der Waals surface area contributed by atoms with Gasteiger partial charge < -0.3 is 43.2 Å². The predicted molar refractivity (Wildman–Crippen MR) is 269 cm³/mol. The third-order valence-corrected chi connectivity index (χ3v) is 15.0. The molecule has 1 saturated heterocycles. The molecule has 0 radical (unpaired) electrons. The summed E-state index contributed by atoms with van der Waals surface area (Å²) in [6.07, 6.45) is 16.5. The first-order valence-electron chi connectivity index (χ1n) is 25.0. The number of carbonyl (C=O) groups excluding carboxylic acids is 4. The number of nitrogens with zero attached hydrogens (tertiary/aromatic N) is 2. The summed E-state index contributed by atoms with van der Waals surface area (Å²) in [6.45, 7) is 17.5. The fraction of sp³-hybridized carbons (Fsp3) is 0.544. The number of nitriles is 1. The van der Waals surface area contributed by atoms with Crippen LogP contribution in [0.5, 0.6) is 17.2 Å². The Bertz CT molecular complexity index is 2610. The minimum atomic E-state index is -1.64. The van der Waals surface area contributed by atoms with Crippen molar-refractivity contribution >= 4 is 41.6 Å². The molecule has 380 valence electrons. The highest BCUT2D eigenvalue weighted by Crippen LogP contribution is 2.65. The number of hydrogen-bond donors (Lipinski definition) is 2. The van der Waals surface area contributed by atoms with Crippen molar-refractivity contribution in [3.8, 4) is 23.3 Å². The molecule has 1 spiro atoms. The van der Waals surface area contributed by atoms with Crippen LogP contribution in [0.1, 0.15) is 137 Å². The number of hydrogen-bond acceptors (Lipinski definition) is 13. The zero-order valence-corrected chi connectivity index (χ0v) is 43.2. The van der Waals surface area contributed by atoms with Crippen LogP contribution in [0.15, 0.2) is 70.4 Å². The van der Waals surface area contributed by atoms with Crippen molar-refractivity contribution in [1.29, 1.82) is 10.7 Å². The van der Waals surface area contributed by atoms with Crippen LogP contribution in [0.2, 0.25) is 0 Å². The van der Waals surface area contributed by atoms with Gasteiger partial charge in [0, 0.05) is 48.9 Å². The number of allylic oxidation sites excluding steroid dienone is 5. The van der Waals surface area contributed by atoms with E-state index in [4.69, 9.17) is 28.4 Å². The second kappa shape index (κ2) is 21.1. The molecule has 14 heteroatoms. The van der Waals surface area contributed by atoms with E-state index >= 15 is 0 Å². The summed E-state index contributed by atoms with van der Waals surface area (Å²) in [5.41, 5.74) is 0.984. The van der Waals surface area contributed by atoms with Crippen molar-refractivity contribution in [1.82, 2.24) is 4.90 Å². The number of nitrogens with one attached hydrogen (secondary N) is 1. The number of aldehydes is 1. The lowest BCUT2D eigenvalue weighted by Gasteiger charge is -2.60. The van der Waals surface area contributed by atoms with E-state index in [0.717, 1.165) is 18.3 Å². The molecule has 1 aromatic rings. The van der Waals surface area contributed by atoms with E-state index in [2.05, 4.69) is 18.2 Å². The molecular weight excluding hydrogens is 903 g/mol. The number of esters is 2.